The van der Waals surface area contributed by atoms with Crippen molar-refractivity contribution in [1.29, 1.82) is 0 Å². The normalized spacial score (nSPS) is 12.8. The van der Waals surface area contributed by atoms with E-state index in [1.165, 1.54) is 11.3 Å². The third-order valence-electron chi connectivity index (χ3n) is 3.18. The number of nitrogens with one attached hydrogen (secondary N) is 1. The molecule has 0 fully saturated rings. The molecule has 2 heteroatoms. The summed E-state index contributed by atoms with van der Waals surface area (Å²) in [6.45, 7) is 7.53. The van der Waals surface area contributed by atoms with Crippen molar-refractivity contribution in [3.05, 3.63) is 29.8 Å². The standard InChI is InChI=1S/C15H25NO/c1-5-14(12(2)3)16-15-9-7-6-8-13(15)10-11-17-4/h6-9,12,14,16H,5,10-11H2,1-4H3. The molecule has 0 aliphatic heterocycles. The van der Waals surface area contributed by atoms with Crippen LogP contribution in [0.5, 0.6) is 0 Å². The van der Waals surface area contributed by atoms with Crippen LogP contribution in [-0.4, -0.2) is 19.8 Å². The van der Waals surface area contributed by atoms with Crippen LogP contribution in [0.15, 0.2) is 24.3 Å². The number of hydrogen-bond acceptors (Lipinski definition) is 2. The van der Waals surface area contributed by atoms with Gasteiger partial charge in [-0.3, -0.25) is 0 Å². The zero-order chi connectivity index (χ0) is 12.7. The quantitative estimate of drug-likeness (QED) is 0.777. The second-order valence-corrected chi connectivity index (χ2v) is 4.80. The van der Waals surface area contributed by atoms with E-state index < -0.39 is 0 Å². The van der Waals surface area contributed by atoms with Crippen molar-refractivity contribution in [3.63, 3.8) is 0 Å². The van der Waals surface area contributed by atoms with Crippen molar-refractivity contribution in [2.24, 2.45) is 5.92 Å². The molecule has 2 nitrogen and oxygen atoms in total. The first-order valence-electron chi connectivity index (χ1n) is 6.52. The molecule has 1 atom stereocenters. The molecule has 0 amide bonds. The Morgan fingerprint density at radius 1 is 1.24 bits per heavy atom. The van der Waals surface area contributed by atoms with Gasteiger partial charge >= 0.3 is 0 Å². The average Bonchev–Trinajstić information content (AvgIpc) is 2.34. The highest BCUT2D eigenvalue weighted by molar-refractivity contribution is 5.52. The lowest BCUT2D eigenvalue weighted by molar-refractivity contribution is 0.202. The second-order valence-electron chi connectivity index (χ2n) is 4.80. The maximum atomic E-state index is 5.15. The molecule has 0 aliphatic carbocycles. The summed E-state index contributed by atoms with van der Waals surface area (Å²) in [5.41, 5.74) is 2.60. The highest BCUT2D eigenvalue weighted by atomic mass is 16.5. The van der Waals surface area contributed by atoms with Gasteiger partial charge in [0, 0.05) is 18.8 Å². The Balaban J connectivity index is 2.74. The molecular formula is C15H25NO. The van der Waals surface area contributed by atoms with Gasteiger partial charge in [0.15, 0.2) is 0 Å². The molecule has 1 unspecified atom stereocenters. The molecular weight excluding hydrogens is 210 g/mol. The summed E-state index contributed by atoms with van der Waals surface area (Å²) in [5.74, 6) is 0.649. The highest BCUT2D eigenvalue weighted by Crippen LogP contribution is 2.20. The van der Waals surface area contributed by atoms with Gasteiger partial charge in [0.25, 0.3) is 0 Å². The van der Waals surface area contributed by atoms with E-state index in [-0.39, 0.29) is 0 Å². The van der Waals surface area contributed by atoms with Gasteiger partial charge in [-0.1, -0.05) is 39.0 Å². The number of methoxy groups -OCH3 is 1. The summed E-state index contributed by atoms with van der Waals surface area (Å²) in [6.07, 6.45) is 2.12. The monoisotopic (exact) mass is 235 g/mol. The Bertz CT molecular complexity index is 322. The number of hydrogen-bond donors (Lipinski definition) is 1. The smallest absolute Gasteiger partial charge is 0.0503 e. The maximum absolute atomic E-state index is 5.15. The average molecular weight is 235 g/mol. The Morgan fingerprint density at radius 2 is 1.94 bits per heavy atom. The minimum Gasteiger partial charge on any atom is -0.384 e. The van der Waals surface area contributed by atoms with Crippen molar-refractivity contribution >= 4 is 5.69 Å². The van der Waals surface area contributed by atoms with Crippen LogP contribution >= 0.6 is 0 Å². The van der Waals surface area contributed by atoms with Gasteiger partial charge < -0.3 is 10.1 Å². The van der Waals surface area contributed by atoms with E-state index in [0.29, 0.717) is 12.0 Å². The molecule has 0 saturated heterocycles. The molecule has 1 aromatic carbocycles. The molecule has 17 heavy (non-hydrogen) atoms. The van der Waals surface area contributed by atoms with Crippen LogP contribution in [0.4, 0.5) is 5.69 Å². The third kappa shape index (κ3) is 4.39. The fraction of sp³-hybridized carbons (Fsp3) is 0.600. The van der Waals surface area contributed by atoms with Crippen LogP contribution in [0.3, 0.4) is 0 Å². The highest BCUT2D eigenvalue weighted by Gasteiger charge is 2.12. The molecule has 0 spiro atoms. The van der Waals surface area contributed by atoms with E-state index in [9.17, 15) is 0 Å². The van der Waals surface area contributed by atoms with E-state index in [0.717, 1.165) is 19.4 Å². The Morgan fingerprint density at radius 3 is 2.53 bits per heavy atom. The van der Waals surface area contributed by atoms with Crippen LogP contribution in [0.2, 0.25) is 0 Å². The van der Waals surface area contributed by atoms with Gasteiger partial charge in [-0.05, 0) is 30.4 Å². The van der Waals surface area contributed by atoms with E-state index in [1.54, 1.807) is 7.11 Å². The molecule has 0 saturated carbocycles. The SMILES string of the molecule is CCC(Nc1ccccc1CCOC)C(C)C. The minimum absolute atomic E-state index is 0.540. The maximum Gasteiger partial charge on any atom is 0.0503 e. The first-order valence-corrected chi connectivity index (χ1v) is 6.52. The molecule has 0 aliphatic rings. The lowest BCUT2D eigenvalue weighted by Crippen LogP contribution is -2.25. The summed E-state index contributed by atoms with van der Waals surface area (Å²) in [6, 6.07) is 9.06. The Kier molecular flexibility index (Phi) is 6.06. The van der Waals surface area contributed by atoms with Gasteiger partial charge in [0.1, 0.15) is 0 Å². The number of benzene rings is 1. The fourth-order valence-electron chi connectivity index (χ4n) is 2.03. The third-order valence-corrected chi connectivity index (χ3v) is 3.18. The lowest BCUT2D eigenvalue weighted by Gasteiger charge is -2.23. The molecule has 0 bridgehead atoms. The number of para-hydroxylation sites is 1. The zero-order valence-electron chi connectivity index (χ0n) is 11.5. The molecule has 1 N–H and O–H groups in total. The van der Waals surface area contributed by atoms with E-state index in [4.69, 9.17) is 4.74 Å². The lowest BCUT2D eigenvalue weighted by atomic mass is 10.0. The predicted molar refractivity (Wildman–Crippen MR) is 74.6 cm³/mol. The first-order chi connectivity index (χ1) is 8.19. The van der Waals surface area contributed by atoms with Crippen molar-refractivity contribution in [2.45, 2.75) is 39.7 Å². The number of rotatable bonds is 7. The van der Waals surface area contributed by atoms with Gasteiger partial charge in [-0.25, -0.2) is 0 Å². The molecule has 1 aromatic rings. The summed E-state index contributed by atoms with van der Waals surface area (Å²) in [4.78, 5) is 0. The first kappa shape index (κ1) is 14.0. The van der Waals surface area contributed by atoms with Crippen molar-refractivity contribution in [1.82, 2.24) is 0 Å². The topological polar surface area (TPSA) is 21.3 Å². The van der Waals surface area contributed by atoms with Gasteiger partial charge in [0.2, 0.25) is 0 Å². The van der Waals surface area contributed by atoms with Gasteiger partial charge in [-0.15, -0.1) is 0 Å². The predicted octanol–water partition coefficient (Wildman–Crippen LogP) is 3.72. The van der Waals surface area contributed by atoms with Crippen LogP contribution in [0, 0.1) is 5.92 Å². The molecule has 0 radical (unpaired) electrons. The van der Waals surface area contributed by atoms with Crippen LogP contribution < -0.4 is 5.32 Å². The Hall–Kier alpha value is -1.02. The zero-order valence-corrected chi connectivity index (χ0v) is 11.5. The van der Waals surface area contributed by atoms with Crippen molar-refractivity contribution in [3.8, 4) is 0 Å². The summed E-state index contributed by atoms with van der Waals surface area (Å²) < 4.78 is 5.15. The molecule has 0 aromatic heterocycles. The van der Waals surface area contributed by atoms with E-state index >= 15 is 0 Å². The van der Waals surface area contributed by atoms with Gasteiger partial charge in [-0.2, -0.15) is 0 Å². The largest absolute Gasteiger partial charge is 0.384 e. The van der Waals surface area contributed by atoms with E-state index in [1.807, 2.05) is 0 Å². The second kappa shape index (κ2) is 7.33. The number of ether oxygens (including phenoxy) is 1. The van der Waals surface area contributed by atoms with Crippen LogP contribution in [-0.2, 0) is 11.2 Å². The van der Waals surface area contributed by atoms with Crippen LogP contribution in [0.1, 0.15) is 32.8 Å². The number of anilines is 1. The summed E-state index contributed by atoms with van der Waals surface area (Å²) in [5, 5.41) is 3.65. The summed E-state index contributed by atoms with van der Waals surface area (Å²) >= 11 is 0. The Labute approximate surface area is 105 Å². The summed E-state index contributed by atoms with van der Waals surface area (Å²) in [7, 11) is 1.75. The molecule has 1 rings (SSSR count). The van der Waals surface area contributed by atoms with E-state index in [2.05, 4.69) is 50.4 Å². The fourth-order valence-corrected chi connectivity index (χ4v) is 2.03. The van der Waals surface area contributed by atoms with Gasteiger partial charge in [0.05, 0.1) is 6.61 Å². The minimum atomic E-state index is 0.540. The molecule has 96 valence electrons. The van der Waals surface area contributed by atoms with Crippen LogP contribution in [0.25, 0.3) is 0 Å². The van der Waals surface area contributed by atoms with Crippen molar-refractivity contribution in [2.75, 3.05) is 19.0 Å². The van der Waals surface area contributed by atoms with Crippen molar-refractivity contribution < 1.29 is 4.74 Å². The molecule has 0 heterocycles.